The van der Waals surface area contributed by atoms with Crippen molar-refractivity contribution < 1.29 is 9.53 Å². The van der Waals surface area contributed by atoms with Crippen molar-refractivity contribution in [3.05, 3.63) is 23.8 Å². The van der Waals surface area contributed by atoms with E-state index in [1.807, 2.05) is 19.1 Å². The summed E-state index contributed by atoms with van der Waals surface area (Å²) < 4.78 is 4.98. The predicted octanol–water partition coefficient (Wildman–Crippen LogP) is 2.27. The summed E-state index contributed by atoms with van der Waals surface area (Å²) in [5.74, 6) is -0.135. The molecule has 1 atom stereocenters. The Kier molecular flexibility index (Phi) is 4.20. The van der Waals surface area contributed by atoms with Gasteiger partial charge in [-0.15, -0.1) is 0 Å². The van der Waals surface area contributed by atoms with Crippen molar-refractivity contribution >= 4 is 17.3 Å². The minimum absolute atomic E-state index is 0.000527. The topological polar surface area (TPSA) is 50.4 Å². The van der Waals surface area contributed by atoms with Gasteiger partial charge in [0.15, 0.2) is 0 Å². The van der Waals surface area contributed by atoms with Gasteiger partial charge in [-0.1, -0.05) is 6.92 Å². The molecule has 0 bridgehead atoms. The number of aryl methyl sites for hydroxylation is 1. The molecule has 0 saturated carbocycles. The highest BCUT2D eigenvalue weighted by atomic mass is 16.5. The number of carbonyl (C=O) groups excluding carboxylic acids is 1. The molecule has 4 heteroatoms. The summed E-state index contributed by atoms with van der Waals surface area (Å²) in [6.45, 7) is 3.33. The first-order valence-electron chi connectivity index (χ1n) is 6.37. The van der Waals surface area contributed by atoms with Crippen LogP contribution in [0.4, 0.5) is 11.4 Å². The van der Waals surface area contributed by atoms with E-state index in [2.05, 4.69) is 16.7 Å². The van der Waals surface area contributed by atoms with Crippen LogP contribution in [0.2, 0.25) is 0 Å². The summed E-state index contributed by atoms with van der Waals surface area (Å²) in [6.07, 6.45) is 2.21. The van der Waals surface area contributed by atoms with Crippen LogP contribution in [0.25, 0.3) is 0 Å². The molecule has 18 heavy (non-hydrogen) atoms. The minimum Gasteiger partial charge on any atom is -0.385 e. The lowest BCUT2D eigenvalue weighted by Crippen LogP contribution is -2.24. The smallest absolute Gasteiger partial charge is 0.229 e. The number of fused-ring (bicyclic) bond motifs is 1. The second-order valence-electron chi connectivity index (χ2n) is 4.75. The van der Waals surface area contributed by atoms with Gasteiger partial charge in [0.25, 0.3) is 0 Å². The van der Waals surface area contributed by atoms with E-state index < -0.39 is 0 Å². The Morgan fingerprint density at radius 2 is 2.39 bits per heavy atom. The van der Waals surface area contributed by atoms with Crippen LogP contribution in [0.1, 0.15) is 18.9 Å². The lowest BCUT2D eigenvalue weighted by atomic mass is 10.0. The predicted molar refractivity (Wildman–Crippen MR) is 72.9 cm³/mol. The maximum absolute atomic E-state index is 11.9. The minimum atomic E-state index is -0.135. The maximum Gasteiger partial charge on any atom is 0.229 e. The highest BCUT2D eigenvalue weighted by Gasteiger charge is 2.14. The van der Waals surface area contributed by atoms with Gasteiger partial charge in [0.1, 0.15) is 0 Å². The van der Waals surface area contributed by atoms with Crippen molar-refractivity contribution in [3.8, 4) is 0 Å². The van der Waals surface area contributed by atoms with Crippen LogP contribution >= 0.6 is 0 Å². The summed E-state index contributed by atoms with van der Waals surface area (Å²) in [6, 6.07) is 6.03. The summed E-state index contributed by atoms with van der Waals surface area (Å²) in [4.78, 5) is 11.9. The average molecular weight is 248 g/mol. The molecule has 0 aliphatic carbocycles. The number of hydrogen-bond donors (Lipinski definition) is 2. The van der Waals surface area contributed by atoms with Crippen molar-refractivity contribution in [1.82, 2.24) is 0 Å². The van der Waals surface area contributed by atoms with Crippen LogP contribution < -0.4 is 10.6 Å². The first-order valence-corrected chi connectivity index (χ1v) is 6.37. The quantitative estimate of drug-likeness (QED) is 0.859. The Morgan fingerprint density at radius 1 is 1.56 bits per heavy atom. The van der Waals surface area contributed by atoms with Gasteiger partial charge in [-0.3, -0.25) is 4.79 Å². The Balaban J connectivity index is 2.03. The number of nitrogens with one attached hydrogen (secondary N) is 2. The fraction of sp³-hybridized carbons (Fsp3) is 0.500. The molecule has 0 aromatic heterocycles. The van der Waals surface area contributed by atoms with Gasteiger partial charge >= 0.3 is 0 Å². The summed E-state index contributed by atoms with van der Waals surface area (Å²) in [5, 5.41) is 6.28. The first kappa shape index (κ1) is 12.9. The lowest BCUT2D eigenvalue weighted by Gasteiger charge is -2.19. The zero-order valence-corrected chi connectivity index (χ0v) is 11.0. The van der Waals surface area contributed by atoms with E-state index in [-0.39, 0.29) is 11.8 Å². The molecular weight excluding hydrogens is 228 g/mol. The molecule has 4 nitrogen and oxygen atoms in total. The Morgan fingerprint density at radius 3 is 3.17 bits per heavy atom. The normalized spacial score (nSPS) is 15.4. The van der Waals surface area contributed by atoms with Crippen molar-refractivity contribution in [2.45, 2.75) is 19.8 Å². The van der Waals surface area contributed by atoms with E-state index in [0.29, 0.717) is 6.61 Å². The van der Waals surface area contributed by atoms with Crippen LogP contribution in [-0.2, 0) is 16.0 Å². The van der Waals surface area contributed by atoms with Crippen LogP contribution in [0.3, 0.4) is 0 Å². The highest BCUT2D eigenvalue weighted by Crippen LogP contribution is 2.25. The molecule has 2 N–H and O–H groups in total. The van der Waals surface area contributed by atoms with Gasteiger partial charge in [-0.2, -0.15) is 0 Å². The largest absolute Gasteiger partial charge is 0.385 e. The highest BCUT2D eigenvalue weighted by molar-refractivity contribution is 5.92. The van der Waals surface area contributed by atoms with E-state index in [9.17, 15) is 4.79 Å². The molecule has 1 aromatic rings. The van der Waals surface area contributed by atoms with Crippen molar-refractivity contribution in [1.29, 1.82) is 0 Å². The molecule has 1 unspecified atom stereocenters. The molecular formula is C14H20N2O2. The van der Waals surface area contributed by atoms with Crippen molar-refractivity contribution in [2.24, 2.45) is 5.92 Å². The van der Waals surface area contributed by atoms with Gasteiger partial charge in [0, 0.05) is 25.0 Å². The van der Waals surface area contributed by atoms with Crippen LogP contribution in [-0.4, -0.2) is 26.2 Å². The second-order valence-corrected chi connectivity index (χ2v) is 4.75. The Labute approximate surface area is 108 Å². The average Bonchev–Trinajstić information content (AvgIpc) is 2.39. The molecule has 1 aliphatic heterocycles. The van der Waals surface area contributed by atoms with Crippen LogP contribution in [0.15, 0.2) is 18.2 Å². The monoisotopic (exact) mass is 248 g/mol. The Hall–Kier alpha value is -1.55. The molecule has 2 rings (SSSR count). The number of benzene rings is 1. The van der Waals surface area contributed by atoms with Gasteiger partial charge in [-0.05, 0) is 36.6 Å². The fourth-order valence-electron chi connectivity index (χ4n) is 2.14. The molecule has 0 fully saturated rings. The summed E-state index contributed by atoms with van der Waals surface area (Å²) in [7, 11) is 1.61. The molecule has 0 saturated heterocycles. The SMILES string of the molecule is COCC(C)C(=O)Nc1ccc2c(c1)CCCN2. The number of ether oxygens (including phenoxy) is 1. The van der Waals surface area contributed by atoms with Crippen LogP contribution in [0, 0.1) is 5.92 Å². The standard InChI is InChI=1S/C14H20N2O2/c1-10(9-18-2)14(17)16-12-5-6-13-11(8-12)4-3-7-15-13/h5-6,8,10,15H,3-4,7,9H2,1-2H3,(H,16,17). The lowest BCUT2D eigenvalue weighted by molar-refractivity contribution is -0.120. The number of methoxy groups -OCH3 is 1. The van der Waals surface area contributed by atoms with E-state index in [4.69, 9.17) is 4.74 Å². The van der Waals surface area contributed by atoms with E-state index >= 15 is 0 Å². The fourth-order valence-corrected chi connectivity index (χ4v) is 2.14. The van der Waals surface area contributed by atoms with Gasteiger partial charge in [-0.25, -0.2) is 0 Å². The third-order valence-corrected chi connectivity index (χ3v) is 3.18. The van der Waals surface area contributed by atoms with Crippen molar-refractivity contribution in [3.63, 3.8) is 0 Å². The number of amides is 1. The first-order chi connectivity index (χ1) is 8.70. The molecule has 0 spiro atoms. The molecule has 0 radical (unpaired) electrons. The maximum atomic E-state index is 11.9. The third kappa shape index (κ3) is 3.01. The molecule has 1 amide bonds. The number of anilines is 2. The van der Waals surface area contributed by atoms with E-state index in [1.165, 1.54) is 11.3 Å². The Bertz CT molecular complexity index is 432. The molecule has 1 heterocycles. The van der Waals surface area contributed by atoms with Gasteiger partial charge < -0.3 is 15.4 Å². The third-order valence-electron chi connectivity index (χ3n) is 3.18. The number of hydrogen-bond acceptors (Lipinski definition) is 3. The second kappa shape index (κ2) is 5.87. The summed E-state index contributed by atoms with van der Waals surface area (Å²) in [5.41, 5.74) is 3.33. The van der Waals surface area contributed by atoms with E-state index in [1.54, 1.807) is 7.11 Å². The number of rotatable bonds is 4. The van der Waals surface area contributed by atoms with Crippen molar-refractivity contribution in [2.75, 3.05) is 30.9 Å². The zero-order chi connectivity index (χ0) is 13.0. The molecule has 98 valence electrons. The molecule has 1 aromatic carbocycles. The number of carbonyl (C=O) groups is 1. The zero-order valence-electron chi connectivity index (χ0n) is 11.0. The molecule has 1 aliphatic rings. The van der Waals surface area contributed by atoms with E-state index in [0.717, 1.165) is 25.1 Å². The van der Waals surface area contributed by atoms with Crippen LogP contribution in [0.5, 0.6) is 0 Å². The van der Waals surface area contributed by atoms with Gasteiger partial charge in [0.2, 0.25) is 5.91 Å². The summed E-state index contributed by atoms with van der Waals surface area (Å²) >= 11 is 0. The van der Waals surface area contributed by atoms with Gasteiger partial charge in [0.05, 0.1) is 12.5 Å².